The molecule has 3 aromatic rings. The van der Waals surface area contributed by atoms with E-state index in [9.17, 15) is 14.9 Å². The average molecular weight is 401 g/mol. The molecule has 2 aromatic carbocycles. The number of rotatable bonds is 9. The molecule has 0 saturated heterocycles. The lowest BCUT2D eigenvalue weighted by molar-refractivity contribution is -0.384. The van der Waals surface area contributed by atoms with E-state index in [1.54, 1.807) is 34.9 Å². The van der Waals surface area contributed by atoms with Gasteiger partial charge in [-0.3, -0.25) is 19.5 Å². The molecule has 1 N–H and O–H groups in total. The Hall–Kier alpha value is -2.91. The first kappa shape index (κ1) is 19.8. The minimum Gasteiger partial charge on any atom is -0.492 e. The van der Waals surface area contributed by atoms with E-state index in [0.717, 1.165) is 0 Å². The van der Waals surface area contributed by atoms with Gasteiger partial charge in [-0.15, -0.1) is 0 Å². The van der Waals surface area contributed by atoms with Gasteiger partial charge in [-0.25, -0.2) is 4.98 Å². The van der Waals surface area contributed by atoms with Crippen molar-refractivity contribution in [2.75, 3.05) is 19.0 Å². The van der Waals surface area contributed by atoms with Gasteiger partial charge >= 0.3 is 0 Å². The number of hydrogen-bond acceptors (Lipinski definition) is 7. The van der Waals surface area contributed by atoms with Crippen LogP contribution in [0.5, 0.6) is 5.75 Å². The number of thioether (sulfide) groups is 1. The lowest BCUT2D eigenvalue weighted by atomic mass is 10.2. The summed E-state index contributed by atoms with van der Waals surface area (Å²) in [6.45, 7) is 0.662. The van der Waals surface area contributed by atoms with E-state index in [1.807, 2.05) is 6.07 Å². The maximum absolute atomic E-state index is 12.7. The quantitative estimate of drug-likeness (QED) is 0.193. The Kier molecular flexibility index (Phi) is 6.62. The van der Waals surface area contributed by atoms with Crippen LogP contribution in [0.1, 0.15) is 6.42 Å². The van der Waals surface area contributed by atoms with Crippen molar-refractivity contribution in [2.24, 2.45) is 0 Å². The fourth-order valence-electron chi connectivity index (χ4n) is 2.66. The summed E-state index contributed by atoms with van der Waals surface area (Å²) >= 11 is 1.37. The Balaban J connectivity index is 1.72. The van der Waals surface area contributed by atoms with Gasteiger partial charge in [-0.1, -0.05) is 30.0 Å². The SMILES string of the molecule is O=c1c2ccccc2nc(SCCOc2cccc([N+](=O)[O-])c2)n1CCCO. The molecule has 1 heterocycles. The number of aliphatic hydroxyl groups excluding tert-OH is 1. The molecule has 0 aliphatic rings. The van der Waals surface area contributed by atoms with Crippen LogP contribution in [0.3, 0.4) is 0 Å². The van der Waals surface area contributed by atoms with Crippen molar-refractivity contribution >= 4 is 28.4 Å². The van der Waals surface area contributed by atoms with Crippen molar-refractivity contribution in [3.05, 3.63) is 69.0 Å². The predicted octanol–water partition coefficient (Wildman–Crippen LogP) is 2.86. The highest BCUT2D eigenvalue weighted by molar-refractivity contribution is 7.99. The summed E-state index contributed by atoms with van der Waals surface area (Å²) in [5.41, 5.74) is 0.454. The van der Waals surface area contributed by atoms with E-state index < -0.39 is 4.92 Å². The van der Waals surface area contributed by atoms with Gasteiger partial charge in [0.1, 0.15) is 5.75 Å². The number of benzene rings is 2. The zero-order valence-corrected chi connectivity index (χ0v) is 15.8. The monoisotopic (exact) mass is 401 g/mol. The molecule has 0 atom stereocenters. The predicted molar refractivity (Wildman–Crippen MR) is 107 cm³/mol. The number of nitrogens with zero attached hydrogens (tertiary/aromatic N) is 3. The van der Waals surface area contributed by atoms with E-state index in [0.29, 0.717) is 47.1 Å². The van der Waals surface area contributed by atoms with E-state index in [2.05, 4.69) is 4.98 Å². The maximum atomic E-state index is 12.7. The highest BCUT2D eigenvalue weighted by atomic mass is 32.2. The van der Waals surface area contributed by atoms with E-state index >= 15 is 0 Å². The van der Waals surface area contributed by atoms with Crippen LogP contribution in [0.2, 0.25) is 0 Å². The Morgan fingerprint density at radius 1 is 1.21 bits per heavy atom. The second-order valence-corrected chi connectivity index (χ2v) is 6.96. The number of aromatic nitrogens is 2. The number of hydrogen-bond donors (Lipinski definition) is 1. The lowest BCUT2D eigenvalue weighted by Gasteiger charge is -2.13. The third kappa shape index (κ3) is 4.68. The van der Waals surface area contributed by atoms with Gasteiger partial charge in [0.05, 0.1) is 28.5 Å². The number of ether oxygens (including phenoxy) is 1. The summed E-state index contributed by atoms with van der Waals surface area (Å²) in [6.07, 6.45) is 0.456. The van der Waals surface area contributed by atoms with Gasteiger partial charge in [-0.2, -0.15) is 0 Å². The third-order valence-electron chi connectivity index (χ3n) is 3.98. The fourth-order valence-corrected chi connectivity index (χ4v) is 3.51. The number of fused-ring (bicyclic) bond motifs is 1. The molecule has 28 heavy (non-hydrogen) atoms. The number of nitro groups is 1. The van der Waals surface area contributed by atoms with Crippen molar-refractivity contribution in [3.8, 4) is 5.75 Å². The standard InChI is InChI=1S/C19H19N3O5S/c23-10-4-9-21-18(24)16-7-1-2-8-17(16)20-19(21)28-12-11-27-15-6-3-5-14(13-15)22(25)26/h1-3,5-8,13,23H,4,9-12H2. The summed E-state index contributed by atoms with van der Waals surface area (Å²) in [4.78, 5) is 27.7. The minimum atomic E-state index is -0.472. The second-order valence-electron chi connectivity index (χ2n) is 5.90. The molecule has 8 nitrogen and oxygen atoms in total. The van der Waals surface area contributed by atoms with Gasteiger partial charge in [0.15, 0.2) is 5.16 Å². The fraction of sp³-hybridized carbons (Fsp3) is 0.263. The van der Waals surface area contributed by atoms with Gasteiger partial charge in [0.2, 0.25) is 0 Å². The number of para-hydroxylation sites is 1. The van der Waals surface area contributed by atoms with Gasteiger partial charge in [-0.05, 0) is 24.6 Å². The molecular formula is C19H19N3O5S. The Morgan fingerprint density at radius 2 is 2.04 bits per heavy atom. The average Bonchev–Trinajstić information content (AvgIpc) is 2.71. The van der Waals surface area contributed by atoms with Crippen LogP contribution >= 0.6 is 11.8 Å². The first-order valence-corrected chi connectivity index (χ1v) is 9.69. The van der Waals surface area contributed by atoms with Gasteiger partial charge in [0, 0.05) is 25.0 Å². The van der Waals surface area contributed by atoms with Crippen LogP contribution < -0.4 is 10.3 Å². The molecule has 9 heteroatoms. The second kappa shape index (κ2) is 9.34. The first-order chi connectivity index (χ1) is 13.6. The Morgan fingerprint density at radius 3 is 2.82 bits per heavy atom. The van der Waals surface area contributed by atoms with E-state index in [1.165, 1.54) is 23.9 Å². The van der Waals surface area contributed by atoms with E-state index in [-0.39, 0.29) is 17.9 Å². The summed E-state index contributed by atoms with van der Waals surface area (Å²) in [5, 5.41) is 21.0. The summed E-state index contributed by atoms with van der Waals surface area (Å²) in [7, 11) is 0. The van der Waals surface area contributed by atoms with Crippen LogP contribution in [0, 0.1) is 10.1 Å². The van der Waals surface area contributed by atoms with Crippen LogP contribution in [0.4, 0.5) is 5.69 Å². The number of non-ortho nitro benzene ring substituents is 1. The molecular weight excluding hydrogens is 382 g/mol. The smallest absolute Gasteiger partial charge is 0.273 e. The largest absolute Gasteiger partial charge is 0.492 e. The summed E-state index contributed by atoms with van der Waals surface area (Å²) in [6, 6.07) is 13.1. The Bertz CT molecular complexity index is 1040. The van der Waals surface area contributed by atoms with E-state index in [4.69, 9.17) is 9.84 Å². The zero-order valence-electron chi connectivity index (χ0n) is 15.0. The molecule has 0 bridgehead atoms. The molecule has 1 aromatic heterocycles. The molecule has 0 unspecified atom stereocenters. The van der Waals surface area contributed by atoms with Gasteiger partial charge < -0.3 is 9.84 Å². The van der Waals surface area contributed by atoms with Crippen molar-refractivity contribution < 1.29 is 14.8 Å². The molecule has 0 amide bonds. The molecule has 0 fully saturated rings. The zero-order chi connectivity index (χ0) is 19.9. The molecule has 0 saturated carbocycles. The lowest BCUT2D eigenvalue weighted by Crippen LogP contribution is -2.24. The van der Waals surface area contributed by atoms with Crippen molar-refractivity contribution in [3.63, 3.8) is 0 Å². The number of nitro benzene ring substituents is 1. The molecule has 0 spiro atoms. The van der Waals surface area contributed by atoms with Crippen LogP contribution in [-0.4, -0.2) is 38.5 Å². The molecule has 0 aliphatic heterocycles. The highest BCUT2D eigenvalue weighted by Crippen LogP contribution is 2.21. The van der Waals surface area contributed by atoms with Crippen molar-refractivity contribution in [1.29, 1.82) is 0 Å². The van der Waals surface area contributed by atoms with Crippen LogP contribution in [0.25, 0.3) is 10.9 Å². The normalized spacial score (nSPS) is 10.9. The first-order valence-electron chi connectivity index (χ1n) is 8.70. The Labute approximate surface area is 164 Å². The third-order valence-corrected chi connectivity index (χ3v) is 4.92. The molecule has 3 rings (SSSR count). The summed E-state index contributed by atoms with van der Waals surface area (Å²) < 4.78 is 7.14. The molecule has 0 aliphatic carbocycles. The van der Waals surface area contributed by atoms with Crippen LogP contribution in [-0.2, 0) is 6.54 Å². The summed E-state index contributed by atoms with van der Waals surface area (Å²) in [5.74, 6) is 0.922. The maximum Gasteiger partial charge on any atom is 0.273 e. The van der Waals surface area contributed by atoms with Crippen molar-refractivity contribution in [1.82, 2.24) is 9.55 Å². The molecule has 146 valence electrons. The van der Waals surface area contributed by atoms with Crippen LogP contribution in [0.15, 0.2) is 58.5 Å². The van der Waals surface area contributed by atoms with Crippen molar-refractivity contribution in [2.45, 2.75) is 18.1 Å². The molecule has 0 radical (unpaired) electrons. The minimum absolute atomic E-state index is 0.0146. The number of aliphatic hydroxyl groups is 1. The highest BCUT2D eigenvalue weighted by Gasteiger charge is 2.11. The topological polar surface area (TPSA) is 107 Å². The van der Waals surface area contributed by atoms with Gasteiger partial charge in [0.25, 0.3) is 11.2 Å².